The van der Waals surface area contributed by atoms with Crippen molar-refractivity contribution in [2.45, 2.75) is 65.2 Å². The Morgan fingerprint density at radius 2 is 2.12 bits per heavy atom. The van der Waals surface area contributed by atoms with E-state index < -0.39 is 0 Å². The number of unbranched alkanes of at least 4 members (excludes halogenated alkanes) is 1. The van der Waals surface area contributed by atoms with Crippen LogP contribution >= 0.6 is 12.6 Å². The van der Waals surface area contributed by atoms with Gasteiger partial charge in [-0.3, -0.25) is 9.36 Å². The minimum absolute atomic E-state index is 0.0689. The number of allylic oxidation sites excluding steroid dienone is 2. The largest absolute Gasteiger partial charge is 0.353 e. The van der Waals surface area contributed by atoms with E-state index in [4.69, 9.17) is 0 Å². The zero-order chi connectivity index (χ0) is 24.4. The average molecular weight is 481 g/mol. The number of amides is 1. The molecule has 34 heavy (non-hydrogen) atoms. The second-order valence-corrected chi connectivity index (χ2v) is 10.2. The van der Waals surface area contributed by atoms with Crippen molar-refractivity contribution < 1.29 is 4.79 Å². The third kappa shape index (κ3) is 7.59. The molecule has 3 unspecified atom stereocenters. The summed E-state index contributed by atoms with van der Waals surface area (Å²) in [7, 11) is 0. The molecule has 1 fully saturated rings. The summed E-state index contributed by atoms with van der Waals surface area (Å²) in [6.07, 6.45) is 14.5. The predicted octanol–water partition coefficient (Wildman–Crippen LogP) is 5.97. The molecule has 1 aromatic carbocycles. The van der Waals surface area contributed by atoms with Crippen molar-refractivity contribution in [3.05, 3.63) is 66.8 Å². The lowest BCUT2D eigenvalue weighted by molar-refractivity contribution is -0.121. The van der Waals surface area contributed by atoms with Gasteiger partial charge in [0.25, 0.3) is 0 Å². The maximum atomic E-state index is 11.5. The second-order valence-electron chi connectivity index (χ2n) is 9.91. The van der Waals surface area contributed by atoms with E-state index in [1.54, 1.807) is 18.0 Å². The second kappa shape index (κ2) is 12.9. The van der Waals surface area contributed by atoms with Gasteiger partial charge in [-0.1, -0.05) is 42.8 Å². The molecule has 0 bridgehead atoms. The van der Waals surface area contributed by atoms with Crippen LogP contribution in [-0.4, -0.2) is 33.0 Å². The number of fused-ring (bicyclic) bond motifs is 1. The van der Waals surface area contributed by atoms with Gasteiger partial charge in [-0.2, -0.15) is 12.6 Å². The molecule has 184 valence electrons. The van der Waals surface area contributed by atoms with Gasteiger partial charge in [-0.05, 0) is 80.6 Å². The third-order valence-electron chi connectivity index (χ3n) is 7.06. The van der Waals surface area contributed by atoms with Crippen LogP contribution in [-0.2, 0) is 11.2 Å². The van der Waals surface area contributed by atoms with E-state index in [1.165, 1.54) is 25.7 Å². The summed E-state index contributed by atoms with van der Waals surface area (Å²) >= 11 is 4.51. The molecule has 0 radical (unpaired) electrons. The molecule has 6 heteroatoms. The van der Waals surface area contributed by atoms with Crippen molar-refractivity contribution in [2.24, 2.45) is 17.3 Å². The molecule has 1 N–H and O–H groups in total. The van der Waals surface area contributed by atoms with Crippen LogP contribution in [0.2, 0.25) is 0 Å². The van der Waals surface area contributed by atoms with Gasteiger partial charge in [-0.25, -0.2) is 0 Å². The van der Waals surface area contributed by atoms with Crippen molar-refractivity contribution in [1.29, 1.82) is 0 Å². The minimum atomic E-state index is 0.0689. The molecule has 5 nitrogen and oxygen atoms in total. The highest BCUT2D eigenvalue weighted by molar-refractivity contribution is 7.80. The lowest BCUT2D eigenvalue weighted by Gasteiger charge is -2.20. The topological polar surface area (TPSA) is 59.8 Å². The molecule has 0 spiro atoms. The molecule has 0 aliphatic heterocycles. The maximum absolute atomic E-state index is 11.5. The zero-order valence-electron chi connectivity index (χ0n) is 20.7. The number of para-hydroxylation sites is 1. The Kier molecular flexibility index (Phi) is 10.00. The number of hydrogen-bond donors (Lipinski definition) is 2. The number of benzene rings is 1. The summed E-state index contributed by atoms with van der Waals surface area (Å²) in [6.45, 7) is 8.74. The van der Waals surface area contributed by atoms with Crippen LogP contribution in [0.25, 0.3) is 5.69 Å². The third-order valence-corrected chi connectivity index (χ3v) is 7.69. The van der Waals surface area contributed by atoms with Crippen LogP contribution in [0.1, 0.15) is 64.6 Å². The molecule has 3 atom stereocenters. The zero-order valence-corrected chi connectivity index (χ0v) is 21.6. The predicted molar refractivity (Wildman–Crippen MR) is 143 cm³/mol. The fourth-order valence-electron chi connectivity index (χ4n) is 4.92. The van der Waals surface area contributed by atoms with E-state index in [0.717, 1.165) is 48.4 Å². The number of carbonyl (C=O) groups is 1. The molecule has 1 amide bonds. The summed E-state index contributed by atoms with van der Waals surface area (Å²) < 4.78 is 1.98. The molecule has 1 saturated carbocycles. The van der Waals surface area contributed by atoms with Gasteiger partial charge in [0.15, 0.2) is 0 Å². The fraction of sp³-hybridized carbons (Fsp3) is 0.536. The molecule has 1 aromatic heterocycles. The van der Waals surface area contributed by atoms with Crippen molar-refractivity contribution in [1.82, 2.24) is 20.1 Å². The molecule has 1 heterocycles. The van der Waals surface area contributed by atoms with Crippen LogP contribution in [0, 0.1) is 17.3 Å². The summed E-state index contributed by atoms with van der Waals surface area (Å²) in [5.41, 5.74) is 3.31. The van der Waals surface area contributed by atoms with E-state index in [2.05, 4.69) is 54.6 Å². The van der Waals surface area contributed by atoms with E-state index in [1.807, 2.05) is 34.9 Å². The van der Waals surface area contributed by atoms with Gasteiger partial charge in [0.1, 0.15) is 12.2 Å². The highest BCUT2D eigenvalue weighted by Gasteiger charge is 2.52. The first-order valence-corrected chi connectivity index (χ1v) is 13.2. The van der Waals surface area contributed by atoms with E-state index in [0.29, 0.717) is 18.4 Å². The van der Waals surface area contributed by atoms with Crippen molar-refractivity contribution in [2.75, 3.05) is 12.3 Å². The van der Waals surface area contributed by atoms with Gasteiger partial charge >= 0.3 is 0 Å². The monoisotopic (exact) mass is 480 g/mol. The van der Waals surface area contributed by atoms with E-state index in [-0.39, 0.29) is 5.91 Å². The van der Waals surface area contributed by atoms with Gasteiger partial charge in [0.05, 0.1) is 0 Å². The number of aromatic nitrogens is 3. The molecule has 2 aliphatic rings. The minimum Gasteiger partial charge on any atom is -0.353 e. The number of nitrogens with zero attached hydrogens (tertiary/aromatic N) is 3. The van der Waals surface area contributed by atoms with Crippen LogP contribution < -0.4 is 5.32 Å². The van der Waals surface area contributed by atoms with Gasteiger partial charge < -0.3 is 5.32 Å². The summed E-state index contributed by atoms with van der Waals surface area (Å²) in [5.74, 6) is 3.86. The molecular formula is C28H40N4OS. The average Bonchev–Trinajstić information content (AvgIpc) is 3.29. The first kappa shape index (κ1) is 26.3. The number of thiol groups is 1. The number of aryl methyl sites for hydroxylation is 1. The molecule has 2 aromatic rings. The van der Waals surface area contributed by atoms with Crippen molar-refractivity contribution in [3.63, 3.8) is 0 Å². The Morgan fingerprint density at radius 3 is 2.85 bits per heavy atom. The van der Waals surface area contributed by atoms with E-state index >= 15 is 0 Å². The van der Waals surface area contributed by atoms with Crippen LogP contribution in [0.15, 0.2) is 61.0 Å². The van der Waals surface area contributed by atoms with Gasteiger partial charge in [0, 0.05) is 25.1 Å². The molecule has 2 aliphatic carbocycles. The number of carbonyl (C=O) groups excluding carboxylic acids is 1. The maximum Gasteiger partial charge on any atom is 0.220 e. The Bertz CT molecular complexity index is 954. The SMILES string of the molecule is C/C1=C/C(C)CCC2(CS)CC2C1.C=CCNC(=O)CCCCc1nncn1-c1ccccc1. The first-order valence-electron chi connectivity index (χ1n) is 12.6. The van der Waals surface area contributed by atoms with Crippen molar-refractivity contribution in [3.8, 4) is 5.69 Å². The Morgan fingerprint density at radius 1 is 1.32 bits per heavy atom. The molecule has 0 saturated heterocycles. The van der Waals surface area contributed by atoms with Crippen LogP contribution in [0.3, 0.4) is 0 Å². The van der Waals surface area contributed by atoms with Gasteiger partial charge in [0.2, 0.25) is 5.91 Å². The Hall–Kier alpha value is -2.34. The lowest BCUT2D eigenvalue weighted by atomic mass is 9.88. The number of rotatable bonds is 9. The highest BCUT2D eigenvalue weighted by Crippen LogP contribution is 2.60. The van der Waals surface area contributed by atoms with Crippen LogP contribution in [0.5, 0.6) is 0 Å². The number of nitrogens with one attached hydrogen (secondary N) is 1. The number of hydrogen-bond acceptors (Lipinski definition) is 4. The van der Waals surface area contributed by atoms with E-state index in [9.17, 15) is 4.79 Å². The molecular weight excluding hydrogens is 440 g/mol. The first-order chi connectivity index (χ1) is 16.5. The van der Waals surface area contributed by atoms with Crippen molar-refractivity contribution >= 4 is 18.5 Å². The lowest BCUT2D eigenvalue weighted by Crippen LogP contribution is -2.22. The highest BCUT2D eigenvalue weighted by atomic mass is 32.1. The fourth-order valence-corrected chi connectivity index (χ4v) is 5.46. The van der Waals surface area contributed by atoms with Gasteiger partial charge in [-0.15, -0.1) is 16.8 Å². The summed E-state index contributed by atoms with van der Waals surface area (Å²) in [5, 5.41) is 10.9. The summed E-state index contributed by atoms with van der Waals surface area (Å²) in [4.78, 5) is 11.5. The smallest absolute Gasteiger partial charge is 0.220 e. The van der Waals surface area contributed by atoms with Crippen LogP contribution in [0.4, 0.5) is 0 Å². The normalized spacial score (nSPS) is 24.9. The summed E-state index contributed by atoms with van der Waals surface area (Å²) in [6, 6.07) is 10.0. The Balaban J connectivity index is 0.000000212. The molecule has 4 rings (SSSR count). The quantitative estimate of drug-likeness (QED) is 0.264. The Labute approximate surface area is 210 Å². The standard InChI is InChI=1S/C16H20N4O.C12H20S/c1-2-12-17-16(21)11-7-6-10-15-19-18-13-20(15)14-8-4-3-5-9-14;1-9-3-4-12(8-13)7-11(12)6-10(2)5-9/h2-5,8-9,13H,1,6-7,10-12H2,(H,17,21);5,9,11,13H,3-4,6-8H2,1-2H3/b;10-5-.